The van der Waals surface area contributed by atoms with Gasteiger partial charge in [-0.05, 0) is 26.7 Å². The highest BCUT2D eigenvalue weighted by molar-refractivity contribution is 5.84. The van der Waals surface area contributed by atoms with Gasteiger partial charge in [-0.2, -0.15) is 5.10 Å². The van der Waals surface area contributed by atoms with E-state index in [4.69, 9.17) is 4.74 Å². The summed E-state index contributed by atoms with van der Waals surface area (Å²) in [6, 6.07) is 0.0801. The molecule has 0 aliphatic carbocycles. The van der Waals surface area contributed by atoms with Crippen LogP contribution in [0.3, 0.4) is 0 Å². The van der Waals surface area contributed by atoms with Gasteiger partial charge in [-0.25, -0.2) is 4.79 Å². The highest BCUT2D eigenvalue weighted by atomic mass is 16.5. The van der Waals surface area contributed by atoms with Crippen LogP contribution in [0.4, 0.5) is 4.79 Å². The fourth-order valence-electron chi connectivity index (χ4n) is 5.42. The predicted octanol–water partition coefficient (Wildman–Crippen LogP) is 0.911. The molecule has 9 heteroatoms. The van der Waals surface area contributed by atoms with Crippen LogP contribution in [-0.2, 0) is 23.1 Å². The van der Waals surface area contributed by atoms with Crippen molar-refractivity contribution >= 4 is 11.9 Å². The molecule has 3 amide bonds. The molecule has 2 atom stereocenters. The topological polar surface area (TPSA) is 82.9 Å². The van der Waals surface area contributed by atoms with Gasteiger partial charge in [-0.1, -0.05) is 0 Å². The smallest absolute Gasteiger partial charge is 0.317 e. The third-order valence-corrected chi connectivity index (χ3v) is 6.85. The van der Waals surface area contributed by atoms with Gasteiger partial charge in [-0.3, -0.25) is 14.4 Å². The van der Waals surface area contributed by atoms with Crippen LogP contribution in [0.15, 0.2) is 12.4 Å². The van der Waals surface area contributed by atoms with E-state index in [0.29, 0.717) is 39.4 Å². The molecular weight excluding hydrogens is 396 g/mol. The lowest BCUT2D eigenvalue weighted by Gasteiger charge is -2.39. The van der Waals surface area contributed by atoms with Crippen molar-refractivity contribution in [3.05, 3.63) is 18.0 Å². The number of hydrogen-bond donors (Lipinski definition) is 1. The zero-order valence-corrected chi connectivity index (χ0v) is 19.0. The first-order valence-corrected chi connectivity index (χ1v) is 11.5. The first-order valence-electron chi connectivity index (χ1n) is 11.5. The van der Waals surface area contributed by atoms with Crippen LogP contribution in [-0.4, -0.2) is 94.9 Å². The number of fused-ring (bicyclic) bond motifs is 1. The molecule has 0 saturated carbocycles. The van der Waals surface area contributed by atoms with Crippen LogP contribution in [0.2, 0.25) is 0 Å². The van der Waals surface area contributed by atoms with E-state index in [1.165, 1.54) is 0 Å². The van der Waals surface area contributed by atoms with Crippen LogP contribution in [0, 0.1) is 11.3 Å². The van der Waals surface area contributed by atoms with Gasteiger partial charge < -0.3 is 19.9 Å². The van der Waals surface area contributed by atoms with Crippen LogP contribution < -0.4 is 5.32 Å². The maximum atomic E-state index is 13.9. The Morgan fingerprint density at radius 3 is 2.68 bits per heavy atom. The summed E-state index contributed by atoms with van der Waals surface area (Å²) in [6.07, 6.45) is 5.60. The number of hydrogen-bond acceptors (Lipinski definition) is 5. The lowest BCUT2D eigenvalue weighted by Crippen LogP contribution is -2.53. The number of carbonyl (C=O) groups is 2. The lowest BCUT2D eigenvalue weighted by molar-refractivity contribution is -0.148. The van der Waals surface area contributed by atoms with E-state index in [2.05, 4.69) is 15.3 Å². The van der Waals surface area contributed by atoms with Crippen molar-refractivity contribution in [2.45, 2.75) is 39.3 Å². The fourth-order valence-corrected chi connectivity index (χ4v) is 5.42. The number of likely N-dealkylation sites (tertiary alicyclic amines) is 2. The van der Waals surface area contributed by atoms with E-state index in [9.17, 15) is 9.59 Å². The van der Waals surface area contributed by atoms with Gasteiger partial charge in [0, 0.05) is 76.6 Å². The summed E-state index contributed by atoms with van der Waals surface area (Å²) < 4.78 is 7.30. The van der Waals surface area contributed by atoms with Gasteiger partial charge in [-0.15, -0.1) is 0 Å². The monoisotopic (exact) mass is 432 g/mol. The summed E-state index contributed by atoms with van der Waals surface area (Å²) in [4.78, 5) is 32.9. The lowest BCUT2D eigenvalue weighted by atomic mass is 9.73. The van der Waals surface area contributed by atoms with E-state index in [-0.39, 0.29) is 23.9 Å². The second-order valence-electron chi connectivity index (χ2n) is 9.60. The Labute approximate surface area is 184 Å². The molecule has 3 saturated heterocycles. The second kappa shape index (κ2) is 9.16. The number of carbonyl (C=O) groups excluding carboxylic acids is 2. The molecular formula is C22H36N6O3. The van der Waals surface area contributed by atoms with Crippen LogP contribution >= 0.6 is 0 Å². The van der Waals surface area contributed by atoms with Gasteiger partial charge in [0.2, 0.25) is 5.91 Å². The molecule has 0 unspecified atom stereocenters. The molecule has 0 radical (unpaired) electrons. The van der Waals surface area contributed by atoms with Crippen molar-refractivity contribution in [1.82, 2.24) is 29.8 Å². The van der Waals surface area contributed by atoms with Gasteiger partial charge in [0.05, 0.1) is 24.8 Å². The third-order valence-electron chi connectivity index (χ3n) is 6.85. The number of urea groups is 1. The summed E-state index contributed by atoms with van der Waals surface area (Å²) in [5.41, 5.74) is 0.717. The zero-order valence-electron chi connectivity index (χ0n) is 19.0. The highest BCUT2D eigenvalue weighted by Gasteiger charge is 2.54. The van der Waals surface area contributed by atoms with Crippen molar-refractivity contribution in [2.24, 2.45) is 18.4 Å². The fraction of sp³-hybridized carbons (Fsp3) is 0.773. The Hall–Kier alpha value is -2.13. The third kappa shape index (κ3) is 4.72. The van der Waals surface area contributed by atoms with Crippen molar-refractivity contribution < 1.29 is 14.3 Å². The van der Waals surface area contributed by atoms with Crippen molar-refractivity contribution in [2.75, 3.05) is 52.5 Å². The molecule has 4 heterocycles. The highest BCUT2D eigenvalue weighted by Crippen LogP contribution is 2.44. The molecule has 0 bridgehead atoms. The average Bonchev–Trinajstić information content (AvgIpc) is 3.25. The van der Waals surface area contributed by atoms with Crippen molar-refractivity contribution in [3.63, 3.8) is 0 Å². The Bertz CT molecular complexity index is 790. The van der Waals surface area contributed by atoms with Gasteiger partial charge in [0.25, 0.3) is 0 Å². The average molecular weight is 433 g/mol. The number of nitrogens with zero attached hydrogens (tertiary/aromatic N) is 5. The number of nitrogens with one attached hydrogen (secondary N) is 1. The molecule has 1 N–H and O–H groups in total. The summed E-state index contributed by atoms with van der Waals surface area (Å²) >= 11 is 0. The van der Waals surface area contributed by atoms with Crippen LogP contribution in [0.25, 0.3) is 0 Å². The Kier molecular flexibility index (Phi) is 6.52. The van der Waals surface area contributed by atoms with Gasteiger partial charge >= 0.3 is 6.03 Å². The maximum absolute atomic E-state index is 13.9. The molecule has 1 aromatic heterocycles. The number of aryl methyl sites for hydroxylation is 1. The van der Waals surface area contributed by atoms with E-state index in [1.807, 2.05) is 47.8 Å². The van der Waals surface area contributed by atoms with E-state index in [1.54, 1.807) is 0 Å². The van der Waals surface area contributed by atoms with Crippen LogP contribution in [0.5, 0.6) is 0 Å². The molecule has 9 nitrogen and oxygen atoms in total. The Morgan fingerprint density at radius 2 is 2.00 bits per heavy atom. The number of ether oxygens (including phenoxy) is 1. The number of rotatable bonds is 4. The zero-order chi connectivity index (χ0) is 22.0. The van der Waals surface area contributed by atoms with Crippen molar-refractivity contribution in [3.8, 4) is 0 Å². The van der Waals surface area contributed by atoms with Crippen molar-refractivity contribution in [1.29, 1.82) is 0 Å². The quantitative estimate of drug-likeness (QED) is 0.765. The minimum absolute atomic E-state index is 0.0182. The second-order valence-corrected chi connectivity index (χ2v) is 9.60. The standard InChI is InChI=1S/C22H36N6O3/c1-17(2)24-21(30)28-6-4-5-22(20(29)27-7-9-31-10-8-27)16-26(14-19(22)15-28)13-18-11-23-25(3)12-18/h11-12,17,19H,4-10,13-16H2,1-3H3,(H,24,30)/t19-,22-/m0/s1. The normalized spacial score (nSPS) is 27.3. The molecule has 3 fully saturated rings. The van der Waals surface area contributed by atoms with E-state index < -0.39 is 5.41 Å². The molecule has 3 aliphatic rings. The van der Waals surface area contributed by atoms with Gasteiger partial charge in [0.15, 0.2) is 0 Å². The summed E-state index contributed by atoms with van der Waals surface area (Å²) in [6.45, 7) is 10.2. The molecule has 3 aliphatic heterocycles. The molecule has 0 aromatic carbocycles. The Balaban J connectivity index is 1.56. The Morgan fingerprint density at radius 1 is 1.23 bits per heavy atom. The summed E-state index contributed by atoms with van der Waals surface area (Å²) in [5.74, 6) is 0.375. The predicted molar refractivity (Wildman–Crippen MR) is 116 cm³/mol. The molecule has 1 aromatic rings. The molecule has 0 spiro atoms. The number of amides is 3. The maximum Gasteiger partial charge on any atom is 0.317 e. The minimum Gasteiger partial charge on any atom is -0.378 e. The largest absolute Gasteiger partial charge is 0.378 e. The van der Waals surface area contributed by atoms with E-state index >= 15 is 0 Å². The number of aromatic nitrogens is 2. The van der Waals surface area contributed by atoms with Gasteiger partial charge in [0.1, 0.15) is 0 Å². The SMILES string of the molecule is CC(C)NC(=O)N1CCC[C@]2(C(=O)N3CCOCC3)CN(Cc3cnn(C)c3)C[C@H]2C1. The van der Waals surface area contributed by atoms with Crippen LogP contribution in [0.1, 0.15) is 32.3 Å². The summed E-state index contributed by atoms with van der Waals surface area (Å²) in [7, 11) is 1.92. The molecule has 31 heavy (non-hydrogen) atoms. The first-order chi connectivity index (χ1) is 14.9. The van der Waals surface area contributed by atoms with E-state index in [0.717, 1.165) is 38.0 Å². The number of morpholine rings is 1. The first kappa shape index (κ1) is 22.1. The summed E-state index contributed by atoms with van der Waals surface area (Å²) in [5, 5.41) is 7.32. The molecule has 172 valence electrons. The minimum atomic E-state index is -0.438. The molecule has 4 rings (SSSR count).